The zero-order valence-corrected chi connectivity index (χ0v) is 14.1. The Labute approximate surface area is 143 Å². The highest BCUT2D eigenvalue weighted by Crippen LogP contribution is 2.18. The number of aryl methyl sites for hydroxylation is 1. The molecule has 23 heavy (non-hydrogen) atoms. The molecule has 0 unspecified atom stereocenters. The summed E-state index contributed by atoms with van der Waals surface area (Å²) in [7, 11) is 0. The van der Waals surface area contributed by atoms with Crippen molar-refractivity contribution in [3.05, 3.63) is 81.5 Å². The zero-order valence-electron chi connectivity index (χ0n) is 12.5. The molecule has 2 aromatic carbocycles. The third kappa shape index (κ3) is 4.05. The van der Waals surface area contributed by atoms with Gasteiger partial charge in [0.1, 0.15) is 0 Å². The normalized spacial score (nSPS) is 16.0. The summed E-state index contributed by atoms with van der Waals surface area (Å²) in [6.07, 6.45) is 5.28. The van der Waals surface area contributed by atoms with Crippen LogP contribution in [0.4, 0.5) is 0 Å². The van der Waals surface area contributed by atoms with Gasteiger partial charge in [-0.15, -0.1) is 0 Å². The molecule has 0 atom stereocenters. The van der Waals surface area contributed by atoms with E-state index >= 15 is 0 Å². The van der Waals surface area contributed by atoms with Crippen molar-refractivity contribution in [3.8, 4) is 0 Å². The van der Waals surface area contributed by atoms with Gasteiger partial charge in [-0.2, -0.15) is 0 Å². The van der Waals surface area contributed by atoms with Crippen molar-refractivity contribution in [1.82, 2.24) is 0 Å². The molecule has 0 saturated carbocycles. The van der Waals surface area contributed by atoms with Crippen LogP contribution in [0.15, 0.2) is 69.8 Å². The van der Waals surface area contributed by atoms with E-state index in [1.54, 1.807) is 12.2 Å². The molecular formula is C19H14BrNO2. The maximum Gasteiger partial charge on any atom is 0.363 e. The van der Waals surface area contributed by atoms with Crippen molar-refractivity contribution in [3.63, 3.8) is 0 Å². The molecule has 3 rings (SSSR count). The van der Waals surface area contributed by atoms with E-state index in [9.17, 15) is 4.79 Å². The van der Waals surface area contributed by atoms with Crippen LogP contribution in [0.25, 0.3) is 12.2 Å². The quantitative estimate of drug-likeness (QED) is 0.578. The number of rotatable bonds is 3. The Hall–Kier alpha value is -2.46. The molecule has 0 spiro atoms. The maximum atomic E-state index is 11.9. The lowest BCUT2D eigenvalue weighted by molar-refractivity contribution is -0.129. The molecule has 0 aromatic heterocycles. The third-order valence-electron chi connectivity index (χ3n) is 3.31. The summed E-state index contributed by atoms with van der Waals surface area (Å²) >= 11 is 3.38. The Morgan fingerprint density at radius 3 is 2.30 bits per heavy atom. The van der Waals surface area contributed by atoms with Gasteiger partial charge in [-0.25, -0.2) is 9.79 Å². The first-order valence-electron chi connectivity index (χ1n) is 7.13. The Bertz CT molecular complexity index is 815. The molecule has 0 bridgehead atoms. The molecule has 114 valence electrons. The van der Waals surface area contributed by atoms with E-state index in [0.717, 1.165) is 15.6 Å². The number of aliphatic imine (C=N–C) groups is 1. The third-order valence-corrected chi connectivity index (χ3v) is 3.83. The van der Waals surface area contributed by atoms with Crippen LogP contribution < -0.4 is 0 Å². The van der Waals surface area contributed by atoms with Gasteiger partial charge < -0.3 is 4.74 Å². The van der Waals surface area contributed by atoms with Crippen molar-refractivity contribution < 1.29 is 9.53 Å². The molecule has 2 aromatic rings. The summed E-state index contributed by atoms with van der Waals surface area (Å²) in [6, 6.07) is 15.7. The van der Waals surface area contributed by atoms with Crippen molar-refractivity contribution in [2.75, 3.05) is 0 Å². The number of nitrogens with zero attached hydrogens (tertiary/aromatic N) is 1. The average Bonchev–Trinajstić information content (AvgIpc) is 2.89. The maximum absolute atomic E-state index is 11.9. The highest BCUT2D eigenvalue weighted by Gasteiger charge is 2.20. The van der Waals surface area contributed by atoms with E-state index in [2.05, 4.69) is 20.9 Å². The van der Waals surface area contributed by atoms with Crippen LogP contribution in [0, 0.1) is 6.92 Å². The summed E-state index contributed by atoms with van der Waals surface area (Å²) < 4.78 is 6.15. The van der Waals surface area contributed by atoms with E-state index in [1.165, 1.54) is 5.56 Å². The fraction of sp³-hybridized carbons (Fsp3) is 0.0526. The summed E-state index contributed by atoms with van der Waals surface area (Å²) in [5.74, 6) is -0.129. The van der Waals surface area contributed by atoms with Crippen molar-refractivity contribution in [1.29, 1.82) is 0 Å². The van der Waals surface area contributed by atoms with Gasteiger partial charge >= 0.3 is 5.97 Å². The molecule has 1 aliphatic heterocycles. The van der Waals surface area contributed by atoms with Gasteiger partial charge in [-0.05, 0) is 42.3 Å². The first kappa shape index (κ1) is 15.4. The molecular weight excluding hydrogens is 354 g/mol. The fourth-order valence-corrected chi connectivity index (χ4v) is 2.32. The van der Waals surface area contributed by atoms with Crippen LogP contribution in [0.5, 0.6) is 0 Å². The number of hydrogen-bond acceptors (Lipinski definition) is 3. The lowest BCUT2D eigenvalue weighted by Crippen LogP contribution is -2.01. The van der Waals surface area contributed by atoms with Crippen molar-refractivity contribution >= 4 is 39.9 Å². The zero-order chi connectivity index (χ0) is 16.2. The number of cyclic esters (lactones) is 1. The second-order valence-electron chi connectivity index (χ2n) is 5.16. The number of carbonyl (C=O) groups is 1. The second-order valence-corrected chi connectivity index (χ2v) is 6.08. The molecule has 0 radical (unpaired) electrons. The van der Waals surface area contributed by atoms with Gasteiger partial charge in [0.15, 0.2) is 5.70 Å². The Morgan fingerprint density at radius 1 is 0.957 bits per heavy atom. The minimum atomic E-state index is -0.434. The Morgan fingerprint density at radius 2 is 1.61 bits per heavy atom. The largest absolute Gasteiger partial charge is 0.403 e. The number of ether oxygens (including phenoxy) is 1. The lowest BCUT2D eigenvalue weighted by Gasteiger charge is -1.95. The van der Waals surface area contributed by atoms with Gasteiger partial charge in [-0.1, -0.05) is 57.9 Å². The lowest BCUT2D eigenvalue weighted by atomic mass is 10.1. The highest BCUT2D eigenvalue weighted by molar-refractivity contribution is 9.10. The van der Waals surface area contributed by atoms with Crippen LogP contribution >= 0.6 is 15.9 Å². The molecule has 0 saturated heterocycles. The van der Waals surface area contributed by atoms with Gasteiger partial charge in [-0.3, -0.25) is 0 Å². The minimum Gasteiger partial charge on any atom is -0.403 e. The van der Waals surface area contributed by atoms with E-state index in [1.807, 2.05) is 61.5 Å². The number of halogens is 1. The number of carbonyl (C=O) groups excluding carboxylic acids is 1. The van der Waals surface area contributed by atoms with Crippen LogP contribution in [0.2, 0.25) is 0 Å². The topological polar surface area (TPSA) is 38.7 Å². The van der Waals surface area contributed by atoms with Crippen LogP contribution in [0.1, 0.15) is 16.7 Å². The molecule has 0 aliphatic carbocycles. The molecule has 1 aliphatic rings. The van der Waals surface area contributed by atoms with Crippen LogP contribution in [-0.2, 0) is 9.53 Å². The number of esters is 1. The van der Waals surface area contributed by atoms with E-state index in [0.29, 0.717) is 11.6 Å². The molecule has 0 amide bonds. The first-order chi connectivity index (χ1) is 11.1. The number of hydrogen-bond donors (Lipinski definition) is 0. The Kier molecular flexibility index (Phi) is 4.53. The Balaban J connectivity index is 1.78. The van der Waals surface area contributed by atoms with Crippen LogP contribution in [0.3, 0.4) is 0 Å². The van der Waals surface area contributed by atoms with Gasteiger partial charge in [0.05, 0.1) is 0 Å². The molecule has 0 fully saturated rings. The predicted molar refractivity (Wildman–Crippen MR) is 95.9 cm³/mol. The average molecular weight is 368 g/mol. The van der Waals surface area contributed by atoms with Crippen LogP contribution in [-0.4, -0.2) is 11.9 Å². The molecule has 4 heteroatoms. The summed E-state index contributed by atoms with van der Waals surface area (Å²) in [4.78, 5) is 16.1. The van der Waals surface area contributed by atoms with Gasteiger partial charge in [0.2, 0.25) is 5.90 Å². The first-order valence-corrected chi connectivity index (χ1v) is 7.92. The number of benzene rings is 2. The van der Waals surface area contributed by atoms with E-state index in [4.69, 9.17) is 4.74 Å². The minimum absolute atomic E-state index is 0.302. The molecule has 0 N–H and O–H groups in total. The highest BCUT2D eigenvalue weighted by atomic mass is 79.9. The van der Waals surface area contributed by atoms with E-state index < -0.39 is 5.97 Å². The SMILES string of the molecule is Cc1ccc(/C=C/C2=NC(=C\c3ccc(Br)cc3)/C(=O)O2)cc1. The standard InChI is InChI=1S/C19H14BrNO2/c1-13-2-4-14(5-3-13)8-11-18-21-17(19(22)23-18)12-15-6-9-16(20)10-7-15/h2-12H,1H3/b11-8+,17-12-. The predicted octanol–water partition coefficient (Wildman–Crippen LogP) is 4.77. The summed E-state index contributed by atoms with van der Waals surface area (Å²) in [5.41, 5.74) is 3.43. The molecule has 3 nitrogen and oxygen atoms in total. The molecule has 1 heterocycles. The summed E-state index contributed by atoms with van der Waals surface area (Å²) in [6.45, 7) is 2.04. The van der Waals surface area contributed by atoms with Gasteiger partial charge in [0.25, 0.3) is 0 Å². The van der Waals surface area contributed by atoms with E-state index in [-0.39, 0.29) is 0 Å². The van der Waals surface area contributed by atoms with Gasteiger partial charge in [0, 0.05) is 10.5 Å². The fourth-order valence-electron chi connectivity index (χ4n) is 2.06. The van der Waals surface area contributed by atoms with Crippen molar-refractivity contribution in [2.45, 2.75) is 6.92 Å². The second kappa shape index (κ2) is 6.75. The monoisotopic (exact) mass is 367 g/mol. The summed E-state index contributed by atoms with van der Waals surface area (Å²) in [5, 5.41) is 0. The smallest absolute Gasteiger partial charge is 0.363 e. The van der Waals surface area contributed by atoms with Crippen molar-refractivity contribution in [2.24, 2.45) is 4.99 Å².